The first-order valence-corrected chi connectivity index (χ1v) is 7.45. The largest absolute Gasteiger partial charge is 0.480 e. The quantitative estimate of drug-likeness (QED) is 0.332. The van der Waals surface area contributed by atoms with Crippen LogP contribution in [0.5, 0.6) is 0 Å². The van der Waals surface area contributed by atoms with E-state index in [0.29, 0.717) is 6.54 Å². The molecule has 0 amide bonds. The van der Waals surface area contributed by atoms with Crippen molar-refractivity contribution in [1.29, 1.82) is 0 Å². The molecule has 6 nitrogen and oxygen atoms in total. The smallest absolute Gasteiger partial charge is 0.323 e. The molecule has 0 aliphatic carbocycles. The van der Waals surface area contributed by atoms with Crippen LogP contribution in [0.15, 0.2) is 0 Å². The summed E-state index contributed by atoms with van der Waals surface area (Å²) in [5.74, 6) is -1.09. The Bertz CT molecular complexity index is 260. The van der Waals surface area contributed by atoms with Crippen LogP contribution in [-0.2, 0) is 4.79 Å². The second kappa shape index (κ2) is 11.0. The third-order valence-electron chi connectivity index (χ3n) is 3.33. The summed E-state index contributed by atoms with van der Waals surface area (Å²) < 4.78 is 0. The van der Waals surface area contributed by atoms with Crippen molar-refractivity contribution in [2.45, 2.75) is 70.7 Å². The predicted molar refractivity (Wildman–Crippen MR) is 78.7 cm³/mol. The Labute approximate surface area is 121 Å². The maximum absolute atomic E-state index is 11.0. The highest BCUT2D eigenvalue weighted by Crippen LogP contribution is 2.00. The highest BCUT2D eigenvalue weighted by atomic mass is 16.4. The SMILES string of the molecule is CCCCCCNC(CNC(C(=O)O)C(C)O)C(C)O. The van der Waals surface area contributed by atoms with Crippen molar-refractivity contribution in [2.75, 3.05) is 13.1 Å². The first-order chi connectivity index (χ1) is 9.40. The lowest BCUT2D eigenvalue weighted by Crippen LogP contribution is -2.53. The zero-order chi connectivity index (χ0) is 15.5. The first kappa shape index (κ1) is 19.3. The summed E-state index contributed by atoms with van der Waals surface area (Å²) in [6.07, 6.45) is 2.99. The van der Waals surface area contributed by atoms with Crippen molar-refractivity contribution in [2.24, 2.45) is 0 Å². The molecule has 0 aliphatic rings. The molecule has 0 spiro atoms. The van der Waals surface area contributed by atoms with E-state index < -0.39 is 24.2 Å². The summed E-state index contributed by atoms with van der Waals surface area (Å²) in [7, 11) is 0. The van der Waals surface area contributed by atoms with E-state index in [4.69, 9.17) is 5.11 Å². The van der Waals surface area contributed by atoms with Gasteiger partial charge in [-0.05, 0) is 26.8 Å². The second-order valence-corrected chi connectivity index (χ2v) is 5.33. The molecule has 0 radical (unpaired) electrons. The molecule has 0 aromatic heterocycles. The van der Waals surface area contributed by atoms with Crippen LogP contribution in [0.3, 0.4) is 0 Å². The van der Waals surface area contributed by atoms with Gasteiger partial charge in [-0.25, -0.2) is 0 Å². The molecule has 5 N–H and O–H groups in total. The summed E-state index contributed by atoms with van der Waals surface area (Å²) in [5.41, 5.74) is 0. The van der Waals surface area contributed by atoms with Crippen molar-refractivity contribution < 1.29 is 20.1 Å². The summed E-state index contributed by atoms with van der Waals surface area (Å²) in [5, 5.41) is 34.0. The molecular formula is C14H30N2O4. The molecule has 0 saturated heterocycles. The molecule has 20 heavy (non-hydrogen) atoms. The number of unbranched alkanes of at least 4 members (excludes halogenated alkanes) is 3. The molecule has 0 aromatic carbocycles. The van der Waals surface area contributed by atoms with Gasteiger partial charge >= 0.3 is 5.97 Å². The van der Waals surface area contributed by atoms with Gasteiger partial charge in [0, 0.05) is 12.6 Å². The van der Waals surface area contributed by atoms with Gasteiger partial charge in [-0.3, -0.25) is 4.79 Å². The van der Waals surface area contributed by atoms with E-state index in [0.717, 1.165) is 19.4 Å². The molecule has 4 unspecified atom stereocenters. The number of aliphatic hydroxyl groups is 2. The number of aliphatic hydroxyl groups excluding tert-OH is 2. The highest BCUT2D eigenvalue weighted by Gasteiger charge is 2.24. The van der Waals surface area contributed by atoms with Gasteiger partial charge in [0.25, 0.3) is 0 Å². The topological polar surface area (TPSA) is 102 Å². The van der Waals surface area contributed by atoms with Gasteiger partial charge in [0.1, 0.15) is 6.04 Å². The van der Waals surface area contributed by atoms with Gasteiger partial charge < -0.3 is 26.0 Å². The van der Waals surface area contributed by atoms with Crippen molar-refractivity contribution in [3.05, 3.63) is 0 Å². The fraction of sp³-hybridized carbons (Fsp3) is 0.929. The molecular weight excluding hydrogens is 260 g/mol. The van der Waals surface area contributed by atoms with Gasteiger partial charge in [0.2, 0.25) is 0 Å². The van der Waals surface area contributed by atoms with Gasteiger partial charge in [0.15, 0.2) is 0 Å². The molecule has 0 fully saturated rings. The molecule has 6 heteroatoms. The minimum absolute atomic E-state index is 0.225. The van der Waals surface area contributed by atoms with Crippen molar-refractivity contribution in [3.63, 3.8) is 0 Å². The van der Waals surface area contributed by atoms with Crippen LogP contribution >= 0.6 is 0 Å². The Kier molecular flexibility index (Phi) is 10.6. The Balaban J connectivity index is 4.10. The Morgan fingerprint density at radius 3 is 2.15 bits per heavy atom. The van der Waals surface area contributed by atoms with E-state index in [9.17, 15) is 15.0 Å². The van der Waals surface area contributed by atoms with Gasteiger partial charge in [-0.15, -0.1) is 0 Å². The standard InChI is InChI=1S/C14H30N2O4/c1-4-5-6-7-8-15-12(10(2)17)9-16-13(11(3)18)14(19)20/h10-13,15-18H,4-9H2,1-3H3,(H,19,20). The summed E-state index contributed by atoms with van der Waals surface area (Å²) >= 11 is 0. The van der Waals surface area contributed by atoms with Crippen LogP contribution in [0.4, 0.5) is 0 Å². The Hall–Kier alpha value is -0.690. The lowest BCUT2D eigenvalue weighted by Gasteiger charge is -2.25. The van der Waals surface area contributed by atoms with E-state index in [1.807, 2.05) is 0 Å². The average molecular weight is 290 g/mol. The monoisotopic (exact) mass is 290 g/mol. The molecule has 4 atom stereocenters. The number of carboxylic acids is 1. The van der Waals surface area contributed by atoms with E-state index in [1.54, 1.807) is 6.92 Å². The maximum Gasteiger partial charge on any atom is 0.323 e. The number of nitrogens with one attached hydrogen (secondary N) is 2. The molecule has 0 bridgehead atoms. The molecule has 0 saturated carbocycles. The minimum atomic E-state index is -1.09. The number of hydrogen-bond acceptors (Lipinski definition) is 5. The number of carbonyl (C=O) groups is 1. The number of hydrogen-bond donors (Lipinski definition) is 5. The highest BCUT2D eigenvalue weighted by molar-refractivity contribution is 5.74. The molecule has 120 valence electrons. The first-order valence-electron chi connectivity index (χ1n) is 7.45. The number of aliphatic carboxylic acids is 1. The van der Waals surface area contributed by atoms with E-state index in [1.165, 1.54) is 19.8 Å². The second-order valence-electron chi connectivity index (χ2n) is 5.33. The van der Waals surface area contributed by atoms with E-state index in [-0.39, 0.29) is 6.04 Å². The predicted octanol–water partition coefficient (Wildman–Crippen LogP) is 0.329. The number of carboxylic acid groups (broad SMARTS) is 1. The van der Waals surface area contributed by atoms with E-state index in [2.05, 4.69) is 17.6 Å². The fourth-order valence-corrected chi connectivity index (χ4v) is 1.97. The molecule has 0 aliphatic heterocycles. The zero-order valence-electron chi connectivity index (χ0n) is 12.8. The van der Waals surface area contributed by atoms with Crippen molar-refractivity contribution in [1.82, 2.24) is 10.6 Å². The van der Waals surface area contributed by atoms with Crippen LogP contribution < -0.4 is 10.6 Å². The zero-order valence-corrected chi connectivity index (χ0v) is 12.8. The lowest BCUT2D eigenvalue weighted by molar-refractivity contribution is -0.142. The van der Waals surface area contributed by atoms with Gasteiger partial charge in [-0.2, -0.15) is 0 Å². The molecule has 0 aromatic rings. The van der Waals surface area contributed by atoms with Crippen LogP contribution in [0.2, 0.25) is 0 Å². The van der Waals surface area contributed by atoms with Crippen molar-refractivity contribution >= 4 is 5.97 Å². The van der Waals surface area contributed by atoms with Gasteiger partial charge in [0.05, 0.1) is 12.2 Å². The third-order valence-corrected chi connectivity index (χ3v) is 3.33. The summed E-state index contributed by atoms with van der Waals surface area (Å²) in [4.78, 5) is 11.0. The molecule has 0 heterocycles. The van der Waals surface area contributed by atoms with Crippen LogP contribution in [-0.4, -0.2) is 58.7 Å². The number of rotatable bonds is 12. The summed E-state index contributed by atoms with van der Waals surface area (Å²) in [6, 6.07) is -1.24. The van der Waals surface area contributed by atoms with Gasteiger partial charge in [-0.1, -0.05) is 26.2 Å². The normalized spacial score (nSPS) is 17.4. The fourth-order valence-electron chi connectivity index (χ4n) is 1.97. The van der Waals surface area contributed by atoms with Crippen LogP contribution in [0.25, 0.3) is 0 Å². The lowest BCUT2D eigenvalue weighted by atomic mass is 10.1. The maximum atomic E-state index is 11.0. The van der Waals surface area contributed by atoms with Crippen LogP contribution in [0.1, 0.15) is 46.5 Å². The molecule has 0 rings (SSSR count). The third kappa shape index (κ3) is 8.47. The van der Waals surface area contributed by atoms with Crippen molar-refractivity contribution in [3.8, 4) is 0 Å². The Morgan fingerprint density at radius 2 is 1.70 bits per heavy atom. The van der Waals surface area contributed by atoms with Crippen LogP contribution in [0, 0.1) is 0 Å². The van der Waals surface area contributed by atoms with E-state index >= 15 is 0 Å². The summed E-state index contributed by atoms with van der Waals surface area (Å²) in [6.45, 7) is 6.35. The Morgan fingerprint density at radius 1 is 1.05 bits per heavy atom. The average Bonchev–Trinajstić information content (AvgIpc) is 2.35. The minimum Gasteiger partial charge on any atom is -0.480 e.